The Bertz CT molecular complexity index is 632. The Balaban J connectivity index is 0.00000220. The van der Waals surface area contributed by atoms with Crippen molar-refractivity contribution in [2.24, 2.45) is 11.7 Å². The number of nitrogens with one attached hydrogen (secondary N) is 1. The van der Waals surface area contributed by atoms with Crippen LogP contribution in [0.15, 0.2) is 30.6 Å². The van der Waals surface area contributed by atoms with Crippen molar-refractivity contribution in [1.29, 1.82) is 0 Å². The molecule has 0 bridgehead atoms. The summed E-state index contributed by atoms with van der Waals surface area (Å²) in [6.45, 7) is 6.43. The number of hydrogen-bond acceptors (Lipinski definition) is 4. The molecule has 0 saturated carbocycles. The fourth-order valence-electron chi connectivity index (χ4n) is 1.87. The largest absolute Gasteiger partial charge is 0.345 e. The number of carbonyl (C=O) groups is 1. The molecule has 0 aliphatic carbocycles. The SMILES string of the molecule is CC(C)C(C)(CN)NC(=O)c1ccc2nccnc2c1.Cl. The van der Waals surface area contributed by atoms with Gasteiger partial charge in [0, 0.05) is 24.5 Å². The summed E-state index contributed by atoms with van der Waals surface area (Å²) in [6.07, 6.45) is 3.24. The lowest BCUT2D eigenvalue weighted by Crippen LogP contribution is -2.55. The molecule has 0 spiro atoms. The molecule has 0 aliphatic rings. The van der Waals surface area contributed by atoms with Crippen LogP contribution in [-0.2, 0) is 0 Å². The molecule has 0 radical (unpaired) electrons. The Morgan fingerprint density at radius 2 is 1.90 bits per heavy atom. The van der Waals surface area contributed by atoms with Gasteiger partial charge in [0.15, 0.2) is 0 Å². The minimum Gasteiger partial charge on any atom is -0.345 e. The van der Waals surface area contributed by atoms with Gasteiger partial charge in [-0.15, -0.1) is 12.4 Å². The van der Waals surface area contributed by atoms with Crippen LogP contribution in [0.3, 0.4) is 0 Å². The summed E-state index contributed by atoms with van der Waals surface area (Å²) in [5.74, 6) is 0.107. The zero-order valence-corrected chi connectivity index (χ0v) is 13.3. The average Bonchev–Trinajstić information content (AvgIpc) is 2.46. The summed E-state index contributed by atoms with van der Waals surface area (Å²) in [4.78, 5) is 20.7. The lowest BCUT2D eigenvalue weighted by molar-refractivity contribution is 0.0883. The van der Waals surface area contributed by atoms with Gasteiger partial charge in [0.2, 0.25) is 0 Å². The van der Waals surface area contributed by atoms with Gasteiger partial charge in [0.05, 0.1) is 16.6 Å². The topological polar surface area (TPSA) is 80.9 Å². The van der Waals surface area contributed by atoms with Gasteiger partial charge < -0.3 is 11.1 Å². The molecule has 1 amide bonds. The van der Waals surface area contributed by atoms with E-state index < -0.39 is 5.54 Å². The summed E-state index contributed by atoms with van der Waals surface area (Å²) in [6, 6.07) is 5.30. The molecule has 1 aromatic carbocycles. The van der Waals surface area contributed by atoms with Gasteiger partial charge in [-0.05, 0) is 31.0 Å². The van der Waals surface area contributed by atoms with E-state index in [1.165, 1.54) is 0 Å². The summed E-state index contributed by atoms with van der Waals surface area (Å²) in [5.41, 5.74) is 7.41. The molecule has 6 heteroatoms. The normalized spacial score (nSPS) is 13.6. The number of carbonyl (C=O) groups excluding carboxylic acids is 1. The van der Waals surface area contributed by atoms with Crippen LogP contribution in [0.4, 0.5) is 0 Å². The number of nitrogens with zero attached hydrogens (tertiary/aromatic N) is 2. The van der Waals surface area contributed by atoms with E-state index in [-0.39, 0.29) is 24.2 Å². The maximum Gasteiger partial charge on any atom is 0.251 e. The maximum atomic E-state index is 12.4. The monoisotopic (exact) mass is 308 g/mol. The van der Waals surface area contributed by atoms with Crippen molar-refractivity contribution >= 4 is 29.3 Å². The third kappa shape index (κ3) is 3.68. The standard InChI is InChI=1S/C15H20N4O.ClH/c1-10(2)15(3,9-16)19-14(20)11-4-5-12-13(8-11)18-7-6-17-12;/h4-8,10H,9,16H2,1-3H3,(H,19,20);1H. The summed E-state index contributed by atoms with van der Waals surface area (Å²) in [5, 5.41) is 3.01. The second kappa shape index (κ2) is 6.83. The zero-order chi connectivity index (χ0) is 14.8. The van der Waals surface area contributed by atoms with Crippen LogP contribution in [-0.4, -0.2) is 28.0 Å². The summed E-state index contributed by atoms with van der Waals surface area (Å²) < 4.78 is 0. The van der Waals surface area contributed by atoms with E-state index >= 15 is 0 Å². The zero-order valence-electron chi connectivity index (χ0n) is 12.5. The highest BCUT2D eigenvalue weighted by atomic mass is 35.5. The minimum atomic E-state index is -0.422. The number of benzene rings is 1. The number of halogens is 1. The van der Waals surface area contributed by atoms with Gasteiger partial charge in [-0.3, -0.25) is 14.8 Å². The highest BCUT2D eigenvalue weighted by molar-refractivity contribution is 5.97. The number of aromatic nitrogens is 2. The van der Waals surface area contributed by atoms with Crippen molar-refractivity contribution in [1.82, 2.24) is 15.3 Å². The maximum absolute atomic E-state index is 12.4. The van der Waals surface area contributed by atoms with Crippen LogP contribution >= 0.6 is 12.4 Å². The van der Waals surface area contributed by atoms with Crippen molar-refractivity contribution in [3.8, 4) is 0 Å². The van der Waals surface area contributed by atoms with Gasteiger partial charge in [0.25, 0.3) is 5.91 Å². The van der Waals surface area contributed by atoms with Gasteiger partial charge in [0.1, 0.15) is 0 Å². The smallest absolute Gasteiger partial charge is 0.251 e. The van der Waals surface area contributed by atoms with Crippen LogP contribution in [0, 0.1) is 5.92 Å². The lowest BCUT2D eigenvalue weighted by atomic mass is 9.88. The third-order valence-corrected chi connectivity index (χ3v) is 3.83. The van der Waals surface area contributed by atoms with Crippen molar-refractivity contribution in [2.75, 3.05) is 6.54 Å². The molecule has 1 heterocycles. The molecular formula is C15H21ClN4O. The van der Waals surface area contributed by atoms with E-state index in [1.54, 1.807) is 30.6 Å². The molecule has 0 aliphatic heterocycles. The van der Waals surface area contributed by atoms with E-state index in [0.717, 1.165) is 5.52 Å². The Morgan fingerprint density at radius 1 is 1.29 bits per heavy atom. The molecule has 0 fully saturated rings. The van der Waals surface area contributed by atoms with Gasteiger partial charge in [-0.25, -0.2) is 0 Å². The number of amides is 1. The molecule has 114 valence electrons. The number of rotatable bonds is 4. The highest BCUT2D eigenvalue weighted by Gasteiger charge is 2.28. The first kappa shape index (κ1) is 17.3. The van der Waals surface area contributed by atoms with Crippen molar-refractivity contribution < 1.29 is 4.79 Å². The van der Waals surface area contributed by atoms with Crippen LogP contribution in [0.2, 0.25) is 0 Å². The fraction of sp³-hybridized carbons (Fsp3) is 0.400. The van der Waals surface area contributed by atoms with E-state index in [4.69, 9.17) is 5.73 Å². The lowest BCUT2D eigenvalue weighted by Gasteiger charge is -2.33. The predicted octanol–water partition coefficient (Wildman–Crippen LogP) is 2.15. The Labute approximate surface area is 130 Å². The van der Waals surface area contributed by atoms with E-state index in [1.807, 2.05) is 20.8 Å². The van der Waals surface area contributed by atoms with Crippen molar-refractivity contribution in [3.63, 3.8) is 0 Å². The first-order valence-corrected chi connectivity index (χ1v) is 6.69. The van der Waals surface area contributed by atoms with Gasteiger partial charge in [-0.2, -0.15) is 0 Å². The molecule has 1 unspecified atom stereocenters. The minimum absolute atomic E-state index is 0. The third-order valence-electron chi connectivity index (χ3n) is 3.83. The van der Waals surface area contributed by atoms with Crippen LogP contribution < -0.4 is 11.1 Å². The van der Waals surface area contributed by atoms with Crippen molar-refractivity contribution in [2.45, 2.75) is 26.3 Å². The molecule has 21 heavy (non-hydrogen) atoms. The molecule has 1 aromatic heterocycles. The number of hydrogen-bond donors (Lipinski definition) is 2. The Hall–Kier alpha value is -1.72. The van der Waals surface area contributed by atoms with E-state index in [2.05, 4.69) is 15.3 Å². The second-order valence-electron chi connectivity index (χ2n) is 5.49. The van der Waals surface area contributed by atoms with Gasteiger partial charge in [-0.1, -0.05) is 13.8 Å². The first-order valence-electron chi connectivity index (χ1n) is 6.69. The van der Waals surface area contributed by atoms with Crippen molar-refractivity contribution in [3.05, 3.63) is 36.2 Å². The Kier molecular flexibility index (Phi) is 5.63. The van der Waals surface area contributed by atoms with E-state index in [9.17, 15) is 4.79 Å². The molecule has 5 nitrogen and oxygen atoms in total. The van der Waals surface area contributed by atoms with Crippen LogP contribution in [0.1, 0.15) is 31.1 Å². The molecule has 2 aromatic rings. The quantitative estimate of drug-likeness (QED) is 0.907. The predicted molar refractivity (Wildman–Crippen MR) is 86.5 cm³/mol. The summed E-state index contributed by atoms with van der Waals surface area (Å²) in [7, 11) is 0. The second-order valence-corrected chi connectivity index (χ2v) is 5.49. The average molecular weight is 309 g/mol. The molecule has 0 saturated heterocycles. The Morgan fingerprint density at radius 3 is 2.48 bits per heavy atom. The highest BCUT2D eigenvalue weighted by Crippen LogP contribution is 2.17. The van der Waals surface area contributed by atoms with E-state index in [0.29, 0.717) is 17.6 Å². The molecule has 2 rings (SSSR count). The molecule has 3 N–H and O–H groups in total. The van der Waals surface area contributed by atoms with Gasteiger partial charge >= 0.3 is 0 Å². The summed E-state index contributed by atoms with van der Waals surface area (Å²) >= 11 is 0. The van der Waals surface area contributed by atoms with Crippen LogP contribution in [0.25, 0.3) is 11.0 Å². The number of fused-ring (bicyclic) bond motifs is 1. The molecule has 1 atom stereocenters. The molecular weight excluding hydrogens is 288 g/mol. The first-order chi connectivity index (χ1) is 9.46. The van der Waals surface area contributed by atoms with Crippen LogP contribution in [0.5, 0.6) is 0 Å². The fourth-order valence-corrected chi connectivity index (χ4v) is 1.87. The number of nitrogens with two attached hydrogens (primary N) is 1.